The van der Waals surface area contributed by atoms with Gasteiger partial charge in [0.25, 0.3) is 0 Å². The molecule has 32 heavy (non-hydrogen) atoms. The normalized spacial score (nSPS) is 27.6. The molecule has 0 aliphatic heterocycles. The van der Waals surface area contributed by atoms with Gasteiger partial charge in [0.15, 0.2) is 0 Å². The lowest BCUT2D eigenvalue weighted by Gasteiger charge is -2.39. The minimum Gasteiger partial charge on any atom is -0.206 e. The quantitative estimate of drug-likeness (QED) is 0.382. The maximum atomic E-state index is 15.5. The molecule has 0 spiro atoms. The minimum absolute atomic E-state index is 0.0246. The van der Waals surface area contributed by atoms with Crippen LogP contribution in [-0.2, 0) is 6.42 Å². The number of halogens is 1. The van der Waals surface area contributed by atoms with E-state index < -0.39 is 0 Å². The van der Waals surface area contributed by atoms with Crippen LogP contribution in [0.15, 0.2) is 55.1 Å². The van der Waals surface area contributed by atoms with E-state index in [9.17, 15) is 0 Å². The molecule has 1 atom stereocenters. The summed E-state index contributed by atoms with van der Waals surface area (Å²) in [6, 6.07) is 10.4. The van der Waals surface area contributed by atoms with Crippen LogP contribution in [0.4, 0.5) is 4.39 Å². The Bertz CT molecular complexity index is 923. The zero-order valence-corrected chi connectivity index (χ0v) is 20.2. The Kier molecular flexibility index (Phi) is 7.87. The van der Waals surface area contributed by atoms with Gasteiger partial charge in [-0.1, -0.05) is 55.5 Å². The van der Waals surface area contributed by atoms with E-state index in [2.05, 4.69) is 56.8 Å². The molecule has 0 bridgehead atoms. The van der Waals surface area contributed by atoms with Gasteiger partial charge in [-0.15, -0.1) is 6.58 Å². The number of aryl methyl sites for hydroxylation is 1. The first-order chi connectivity index (χ1) is 15.6. The van der Waals surface area contributed by atoms with E-state index in [1.165, 1.54) is 44.1 Å². The molecule has 172 valence electrons. The highest BCUT2D eigenvalue weighted by molar-refractivity contribution is 5.84. The predicted molar refractivity (Wildman–Crippen MR) is 137 cm³/mol. The lowest BCUT2D eigenvalue weighted by atomic mass is 9.67. The maximum absolute atomic E-state index is 15.5. The van der Waals surface area contributed by atoms with Crippen molar-refractivity contribution in [3.8, 4) is 0 Å². The molecule has 0 N–H and O–H groups in total. The fourth-order valence-corrected chi connectivity index (χ4v) is 6.57. The van der Waals surface area contributed by atoms with Crippen LogP contribution < -0.4 is 0 Å². The second-order valence-corrected chi connectivity index (χ2v) is 10.5. The van der Waals surface area contributed by atoms with Crippen molar-refractivity contribution in [2.45, 2.75) is 84.0 Å². The fourth-order valence-electron chi connectivity index (χ4n) is 6.57. The Hall–Kier alpha value is -1.89. The number of rotatable bonds is 7. The van der Waals surface area contributed by atoms with Crippen LogP contribution in [0, 0.1) is 29.5 Å². The molecule has 2 aliphatic carbocycles. The van der Waals surface area contributed by atoms with Crippen LogP contribution in [0.2, 0.25) is 0 Å². The van der Waals surface area contributed by atoms with Gasteiger partial charge < -0.3 is 0 Å². The van der Waals surface area contributed by atoms with E-state index in [1.807, 2.05) is 12.1 Å². The third kappa shape index (κ3) is 5.19. The standard InChI is InChI=1S/C31H41F/c1-4-6-8-24-11-19-30-28(21-24)18-20-29(31(30)32)27-16-14-26(15-17-27)22(3)25-12-9-23(7-5-2)10-13-25/h4-5,7,11,18-23,25-27H,1,6,8-10,12-17H2,2-3H3/b7-5+. The van der Waals surface area contributed by atoms with Crippen LogP contribution in [0.1, 0.15) is 88.7 Å². The molecular weight excluding hydrogens is 391 g/mol. The molecule has 2 aromatic rings. The summed E-state index contributed by atoms with van der Waals surface area (Å²) in [5.41, 5.74) is 2.22. The van der Waals surface area contributed by atoms with Crippen LogP contribution in [-0.4, -0.2) is 0 Å². The Morgan fingerprint density at radius 1 is 0.969 bits per heavy atom. The monoisotopic (exact) mass is 432 g/mol. The van der Waals surface area contributed by atoms with E-state index in [4.69, 9.17) is 0 Å². The third-order valence-electron chi connectivity index (χ3n) is 8.67. The van der Waals surface area contributed by atoms with Crippen molar-refractivity contribution in [1.82, 2.24) is 0 Å². The van der Waals surface area contributed by atoms with Crippen LogP contribution in [0.5, 0.6) is 0 Å². The molecule has 2 saturated carbocycles. The molecule has 0 amide bonds. The Labute approximate surface area is 195 Å². The zero-order valence-electron chi connectivity index (χ0n) is 20.2. The van der Waals surface area contributed by atoms with E-state index >= 15 is 4.39 Å². The van der Waals surface area contributed by atoms with Crippen molar-refractivity contribution >= 4 is 10.8 Å². The van der Waals surface area contributed by atoms with Gasteiger partial charge in [0.1, 0.15) is 5.82 Å². The number of fused-ring (bicyclic) bond motifs is 1. The van der Waals surface area contributed by atoms with Gasteiger partial charge in [-0.2, -0.15) is 0 Å². The van der Waals surface area contributed by atoms with Crippen molar-refractivity contribution in [1.29, 1.82) is 0 Å². The minimum atomic E-state index is 0.0246. The van der Waals surface area contributed by atoms with Crippen molar-refractivity contribution < 1.29 is 4.39 Å². The maximum Gasteiger partial charge on any atom is 0.134 e. The summed E-state index contributed by atoms with van der Waals surface area (Å²) in [7, 11) is 0. The van der Waals surface area contributed by atoms with Crippen LogP contribution >= 0.6 is 0 Å². The van der Waals surface area contributed by atoms with Crippen LogP contribution in [0.25, 0.3) is 10.8 Å². The highest BCUT2D eigenvalue weighted by Crippen LogP contribution is 2.45. The summed E-state index contributed by atoms with van der Waals surface area (Å²) in [6.07, 6.45) is 18.8. The summed E-state index contributed by atoms with van der Waals surface area (Å²) in [5, 5.41) is 1.82. The highest BCUT2D eigenvalue weighted by atomic mass is 19.1. The van der Waals surface area contributed by atoms with Gasteiger partial charge in [0.05, 0.1) is 0 Å². The molecule has 1 unspecified atom stereocenters. The first-order valence-electron chi connectivity index (χ1n) is 13.1. The number of benzene rings is 2. The van der Waals surface area contributed by atoms with E-state index in [1.54, 1.807) is 0 Å². The summed E-state index contributed by atoms with van der Waals surface area (Å²) in [4.78, 5) is 0. The molecular formula is C31H41F. The SMILES string of the molecule is C=CCCc1ccc2c(F)c(C3CCC(C(C)C4CCC(/C=C/C)CC4)CC3)ccc2c1. The molecule has 0 nitrogen and oxygen atoms in total. The zero-order chi connectivity index (χ0) is 22.5. The molecule has 4 rings (SSSR count). The first kappa shape index (κ1) is 23.3. The highest BCUT2D eigenvalue weighted by Gasteiger charge is 2.33. The molecule has 0 heterocycles. The predicted octanol–water partition coefficient (Wildman–Crippen LogP) is 9.39. The average Bonchev–Trinajstić information content (AvgIpc) is 2.83. The van der Waals surface area contributed by atoms with Gasteiger partial charge in [0.2, 0.25) is 0 Å². The lowest BCUT2D eigenvalue weighted by molar-refractivity contribution is 0.142. The fraction of sp³-hybridized carbons (Fsp3) is 0.548. The topological polar surface area (TPSA) is 0 Å². The van der Waals surface area contributed by atoms with Gasteiger partial charge >= 0.3 is 0 Å². The summed E-state index contributed by atoms with van der Waals surface area (Å²) in [6.45, 7) is 8.46. The molecule has 2 fully saturated rings. The number of allylic oxidation sites excluding steroid dienone is 3. The lowest BCUT2D eigenvalue weighted by Crippen LogP contribution is -2.28. The Morgan fingerprint density at radius 2 is 1.66 bits per heavy atom. The van der Waals surface area contributed by atoms with Crippen molar-refractivity contribution in [3.05, 3.63) is 72.1 Å². The summed E-state index contributed by atoms with van der Waals surface area (Å²) >= 11 is 0. The summed E-state index contributed by atoms with van der Waals surface area (Å²) < 4.78 is 15.5. The molecule has 0 radical (unpaired) electrons. The Balaban J connectivity index is 1.37. The molecule has 1 heteroatoms. The third-order valence-corrected chi connectivity index (χ3v) is 8.67. The van der Waals surface area contributed by atoms with Gasteiger partial charge in [-0.3, -0.25) is 0 Å². The smallest absolute Gasteiger partial charge is 0.134 e. The van der Waals surface area contributed by atoms with E-state index in [0.29, 0.717) is 5.92 Å². The summed E-state index contributed by atoms with van der Waals surface area (Å²) in [5.74, 6) is 3.76. The van der Waals surface area contributed by atoms with Crippen LogP contribution in [0.3, 0.4) is 0 Å². The Morgan fingerprint density at radius 3 is 2.31 bits per heavy atom. The second kappa shape index (κ2) is 10.8. The van der Waals surface area contributed by atoms with Crippen molar-refractivity contribution in [3.63, 3.8) is 0 Å². The average molecular weight is 433 g/mol. The van der Waals surface area contributed by atoms with E-state index in [-0.39, 0.29) is 5.82 Å². The van der Waals surface area contributed by atoms with Gasteiger partial charge in [-0.05, 0) is 117 Å². The molecule has 2 aliphatic rings. The second-order valence-electron chi connectivity index (χ2n) is 10.5. The number of hydrogen-bond donors (Lipinski definition) is 0. The molecule has 0 aromatic heterocycles. The van der Waals surface area contributed by atoms with Crippen molar-refractivity contribution in [2.24, 2.45) is 23.7 Å². The first-order valence-corrected chi connectivity index (χ1v) is 13.1. The largest absolute Gasteiger partial charge is 0.206 e. The van der Waals surface area contributed by atoms with E-state index in [0.717, 1.165) is 65.7 Å². The molecule has 0 saturated heterocycles. The molecule has 2 aromatic carbocycles. The number of hydrogen-bond acceptors (Lipinski definition) is 0. The van der Waals surface area contributed by atoms with Gasteiger partial charge in [-0.25, -0.2) is 4.39 Å². The van der Waals surface area contributed by atoms with Gasteiger partial charge in [0, 0.05) is 5.39 Å². The van der Waals surface area contributed by atoms with Crippen molar-refractivity contribution in [2.75, 3.05) is 0 Å².